The van der Waals surface area contributed by atoms with E-state index in [9.17, 15) is 4.79 Å². The summed E-state index contributed by atoms with van der Waals surface area (Å²) in [5.41, 5.74) is 2.95. The van der Waals surface area contributed by atoms with Crippen molar-refractivity contribution in [3.8, 4) is 0 Å². The van der Waals surface area contributed by atoms with Gasteiger partial charge in [0.2, 0.25) is 0 Å². The van der Waals surface area contributed by atoms with Gasteiger partial charge in [-0.2, -0.15) is 0 Å². The number of carbonyl (C=O) groups is 1. The molecule has 0 bridgehead atoms. The summed E-state index contributed by atoms with van der Waals surface area (Å²) in [5.74, 6) is -0.00529. The van der Waals surface area contributed by atoms with Crippen LogP contribution in [-0.2, 0) is 9.53 Å². The maximum Gasteiger partial charge on any atom is 0.338 e. The zero-order valence-electron chi connectivity index (χ0n) is 15.9. The third-order valence-corrected chi connectivity index (χ3v) is 7.98. The second-order valence-corrected chi connectivity index (χ2v) is 9.16. The molecule has 2 unspecified atom stereocenters. The number of benzene rings is 3. The van der Waals surface area contributed by atoms with Crippen molar-refractivity contribution < 1.29 is 9.53 Å². The first-order valence-corrected chi connectivity index (χ1v) is 11.1. The summed E-state index contributed by atoms with van der Waals surface area (Å²) in [7, 11) is 0.886. The van der Waals surface area contributed by atoms with Crippen molar-refractivity contribution in [3.63, 3.8) is 0 Å². The van der Waals surface area contributed by atoms with E-state index < -0.39 is 7.92 Å². The van der Waals surface area contributed by atoms with Gasteiger partial charge < -0.3 is 4.74 Å². The molecule has 1 aliphatic heterocycles. The molecule has 1 fully saturated rings. The Balaban J connectivity index is 1.95. The summed E-state index contributed by atoms with van der Waals surface area (Å²) < 4.78 is 5.26. The van der Waals surface area contributed by atoms with Gasteiger partial charge in [-0.3, -0.25) is 0 Å². The van der Waals surface area contributed by atoms with Crippen LogP contribution in [0.3, 0.4) is 0 Å². The number of ether oxygens (including phenoxy) is 1. The zero-order valence-corrected chi connectivity index (χ0v) is 16.8. The van der Waals surface area contributed by atoms with Crippen molar-refractivity contribution in [3.05, 3.63) is 107 Å². The van der Waals surface area contributed by atoms with Gasteiger partial charge in [-0.1, -0.05) is 91.0 Å². The molecule has 0 radical (unpaired) electrons. The number of esters is 1. The van der Waals surface area contributed by atoms with Crippen LogP contribution in [0.2, 0.25) is 0 Å². The molecule has 0 spiro atoms. The molecule has 0 saturated carbocycles. The number of allylic oxidation sites excluding steroid dienone is 1. The molecule has 0 aromatic heterocycles. The van der Waals surface area contributed by atoms with E-state index in [1.807, 2.05) is 42.5 Å². The van der Waals surface area contributed by atoms with Gasteiger partial charge in [0.25, 0.3) is 0 Å². The number of hydrogen-bond acceptors (Lipinski definition) is 2. The molecule has 3 heteroatoms. The van der Waals surface area contributed by atoms with Crippen LogP contribution in [0.5, 0.6) is 0 Å². The van der Waals surface area contributed by atoms with Crippen LogP contribution in [0.4, 0.5) is 0 Å². The van der Waals surface area contributed by atoms with Crippen LogP contribution in [0, 0.1) is 0 Å². The van der Waals surface area contributed by atoms with Crippen LogP contribution in [0.1, 0.15) is 23.5 Å². The van der Waals surface area contributed by atoms with Crippen LogP contribution in [-0.4, -0.2) is 19.2 Å². The van der Waals surface area contributed by atoms with Crippen LogP contribution < -0.4 is 5.30 Å². The molecule has 3 aromatic rings. The Kier molecular flexibility index (Phi) is 5.69. The van der Waals surface area contributed by atoms with E-state index in [1.54, 1.807) is 0 Å². The first kappa shape index (κ1) is 18.7. The van der Waals surface area contributed by atoms with Crippen LogP contribution in [0.25, 0.3) is 5.57 Å². The first-order valence-electron chi connectivity index (χ1n) is 9.55. The molecule has 4 rings (SSSR count). The Morgan fingerprint density at radius 1 is 0.857 bits per heavy atom. The molecule has 140 valence electrons. The average molecular weight is 386 g/mol. The van der Waals surface area contributed by atoms with Crippen molar-refractivity contribution in [1.29, 1.82) is 0 Å². The third-order valence-electron chi connectivity index (χ3n) is 5.24. The van der Waals surface area contributed by atoms with E-state index in [2.05, 4.69) is 48.5 Å². The standard InChI is InChI=1S/C25H23O2P/c1-27-25(26)23(20-13-7-3-8-14-20)24-22(19-11-5-2-6-12-19)17-18-28(24)21-15-9-4-10-16-21/h2-16,22H,17-18H2,1H3. The second kappa shape index (κ2) is 8.54. The van der Waals surface area contributed by atoms with E-state index in [0.29, 0.717) is 0 Å². The lowest BCUT2D eigenvalue weighted by atomic mass is 9.92. The monoisotopic (exact) mass is 386 g/mol. The van der Waals surface area contributed by atoms with Gasteiger partial charge in [0.15, 0.2) is 0 Å². The lowest BCUT2D eigenvalue weighted by Gasteiger charge is -2.22. The molecule has 2 nitrogen and oxygen atoms in total. The highest BCUT2D eigenvalue weighted by Gasteiger charge is 2.37. The molecular formula is C25H23O2P. The Bertz CT molecular complexity index is 916. The molecule has 1 saturated heterocycles. The minimum absolute atomic E-state index is 0.238. The summed E-state index contributed by atoms with van der Waals surface area (Å²) in [6.45, 7) is 0. The van der Waals surface area contributed by atoms with E-state index in [0.717, 1.165) is 23.7 Å². The minimum atomic E-state index is -0.589. The van der Waals surface area contributed by atoms with Crippen LogP contribution >= 0.6 is 7.92 Å². The van der Waals surface area contributed by atoms with E-state index in [-0.39, 0.29) is 11.9 Å². The first-order chi connectivity index (χ1) is 13.8. The molecule has 28 heavy (non-hydrogen) atoms. The van der Waals surface area contributed by atoms with Crippen molar-refractivity contribution in [1.82, 2.24) is 0 Å². The second-order valence-electron chi connectivity index (χ2n) is 6.86. The van der Waals surface area contributed by atoms with Gasteiger partial charge in [-0.05, 0) is 42.2 Å². The summed E-state index contributed by atoms with van der Waals surface area (Å²) >= 11 is 0. The molecule has 1 aliphatic rings. The molecular weight excluding hydrogens is 363 g/mol. The van der Waals surface area contributed by atoms with Crippen molar-refractivity contribution in [2.75, 3.05) is 13.3 Å². The van der Waals surface area contributed by atoms with Gasteiger partial charge in [-0.15, -0.1) is 0 Å². The smallest absolute Gasteiger partial charge is 0.338 e. The van der Waals surface area contributed by atoms with Crippen LogP contribution in [0.15, 0.2) is 96.3 Å². The lowest BCUT2D eigenvalue weighted by molar-refractivity contribution is -0.133. The van der Waals surface area contributed by atoms with Gasteiger partial charge in [0.05, 0.1) is 12.7 Å². The lowest BCUT2D eigenvalue weighted by Crippen LogP contribution is -2.11. The number of carbonyl (C=O) groups excluding carboxylic acids is 1. The van der Waals surface area contributed by atoms with Gasteiger partial charge in [0, 0.05) is 5.92 Å². The van der Waals surface area contributed by atoms with Gasteiger partial charge >= 0.3 is 5.97 Å². The van der Waals surface area contributed by atoms with Gasteiger partial charge in [-0.25, -0.2) is 4.79 Å². The largest absolute Gasteiger partial charge is 0.465 e. The quantitative estimate of drug-likeness (QED) is 0.333. The third kappa shape index (κ3) is 3.66. The van der Waals surface area contributed by atoms with Crippen molar-refractivity contribution in [2.45, 2.75) is 12.3 Å². The molecule has 2 atom stereocenters. The fraction of sp³-hybridized carbons (Fsp3) is 0.160. The molecule has 0 aliphatic carbocycles. The molecule has 1 heterocycles. The maximum absolute atomic E-state index is 13.0. The summed E-state index contributed by atoms with van der Waals surface area (Å²) in [4.78, 5) is 13.0. The Morgan fingerprint density at radius 2 is 1.43 bits per heavy atom. The fourth-order valence-electron chi connectivity index (χ4n) is 3.98. The number of methoxy groups -OCH3 is 1. The highest BCUT2D eigenvalue weighted by molar-refractivity contribution is 7.70. The topological polar surface area (TPSA) is 26.3 Å². The number of hydrogen-bond donors (Lipinski definition) is 0. The predicted octanol–water partition coefficient (Wildman–Crippen LogP) is 5.57. The van der Waals surface area contributed by atoms with E-state index >= 15 is 0 Å². The zero-order chi connectivity index (χ0) is 19.3. The highest BCUT2D eigenvalue weighted by atomic mass is 31.1. The SMILES string of the molecule is COC(=O)C(=C1C(c2ccccc2)CCP1c1ccccc1)c1ccccc1. The van der Waals surface area contributed by atoms with E-state index in [4.69, 9.17) is 4.74 Å². The summed E-state index contributed by atoms with van der Waals surface area (Å²) in [6, 6.07) is 31.1. The molecule has 0 amide bonds. The van der Waals surface area contributed by atoms with Crippen molar-refractivity contribution in [2.24, 2.45) is 0 Å². The van der Waals surface area contributed by atoms with Crippen molar-refractivity contribution >= 4 is 24.8 Å². The predicted molar refractivity (Wildman–Crippen MR) is 117 cm³/mol. The Hall–Kier alpha value is -2.70. The fourth-order valence-corrected chi connectivity index (χ4v) is 6.95. The Morgan fingerprint density at radius 3 is 2.04 bits per heavy atom. The maximum atomic E-state index is 13.0. The number of rotatable bonds is 4. The summed E-state index contributed by atoms with van der Waals surface area (Å²) in [6.07, 6.45) is 2.13. The molecule has 3 aromatic carbocycles. The summed E-state index contributed by atoms with van der Waals surface area (Å²) in [5, 5.41) is 2.56. The Labute approximate surface area is 167 Å². The van der Waals surface area contributed by atoms with Gasteiger partial charge in [0.1, 0.15) is 0 Å². The normalized spacial score (nSPS) is 20.6. The highest BCUT2D eigenvalue weighted by Crippen LogP contribution is 2.61. The van der Waals surface area contributed by atoms with E-state index in [1.165, 1.54) is 23.3 Å². The minimum Gasteiger partial charge on any atom is -0.465 e. The molecule has 0 N–H and O–H groups in total. The average Bonchev–Trinajstić information content (AvgIpc) is 3.20.